The summed E-state index contributed by atoms with van der Waals surface area (Å²) in [5.41, 5.74) is 1.95. The van der Waals surface area contributed by atoms with E-state index in [1.165, 1.54) is 0 Å². The third-order valence-electron chi connectivity index (χ3n) is 4.67. The minimum Gasteiger partial charge on any atom is -0.461 e. The predicted octanol–water partition coefficient (Wildman–Crippen LogP) is -0.549. The molecule has 0 saturated carbocycles. The van der Waals surface area contributed by atoms with Gasteiger partial charge in [-0.25, -0.2) is 0 Å². The second-order valence-corrected chi connectivity index (χ2v) is 6.86. The molecule has 8 nitrogen and oxygen atoms in total. The molecular formula is C18H26N2O6. The van der Waals surface area contributed by atoms with Gasteiger partial charge in [-0.2, -0.15) is 0 Å². The number of nitrogens with one attached hydrogen (secondary N) is 1. The number of aromatic nitrogens is 1. The van der Waals surface area contributed by atoms with Gasteiger partial charge in [0.15, 0.2) is 0 Å². The number of hydrogen-bond acceptors (Lipinski definition) is 7. The Morgan fingerprint density at radius 2 is 1.92 bits per heavy atom. The summed E-state index contributed by atoms with van der Waals surface area (Å²) in [7, 11) is 4.00. The van der Waals surface area contributed by atoms with Gasteiger partial charge >= 0.3 is 0 Å². The van der Waals surface area contributed by atoms with Gasteiger partial charge in [0.05, 0.1) is 6.61 Å². The van der Waals surface area contributed by atoms with Crippen LogP contribution in [-0.4, -0.2) is 88.3 Å². The summed E-state index contributed by atoms with van der Waals surface area (Å²) in [5.74, 6) is 0.502. The molecule has 1 saturated heterocycles. The molecule has 1 aliphatic heterocycles. The Bertz CT molecular complexity index is 732. The Morgan fingerprint density at radius 1 is 1.15 bits per heavy atom. The first-order chi connectivity index (χ1) is 12.4. The van der Waals surface area contributed by atoms with Crippen LogP contribution in [0.15, 0.2) is 24.4 Å². The van der Waals surface area contributed by atoms with E-state index in [9.17, 15) is 20.4 Å². The zero-order valence-corrected chi connectivity index (χ0v) is 14.9. The topological polar surface area (TPSA) is 118 Å². The van der Waals surface area contributed by atoms with Gasteiger partial charge in [-0.05, 0) is 38.2 Å². The number of ether oxygens (including phenoxy) is 2. The van der Waals surface area contributed by atoms with Crippen LogP contribution >= 0.6 is 0 Å². The maximum absolute atomic E-state index is 10.2. The van der Waals surface area contributed by atoms with E-state index in [0.717, 1.165) is 29.4 Å². The summed E-state index contributed by atoms with van der Waals surface area (Å²) in [6.07, 6.45) is -3.79. The first kappa shape index (κ1) is 19.1. The number of fused-ring (bicyclic) bond motifs is 1. The lowest BCUT2D eigenvalue weighted by atomic mass is 9.99. The highest BCUT2D eigenvalue weighted by molar-refractivity contribution is 5.89. The standard InChI is InChI=1S/C18H26N2O6/c1-20(2)7-6-10-8-19-11-4-3-5-12(14(10)11)25-18-17(24)16(23)15(22)13(9-21)26-18/h3-5,8,13,15-19,21-24H,6-7,9H2,1-2H3/t13-,15-,16+,17-,18+/m1/s1. The molecule has 2 heterocycles. The highest BCUT2D eigenvalue weighted by atomic mass is 16.7. The summed E-state index contributed by atoms with van der Waals surface area (Å²) in [4.78, 5) is 5.29. The van der Waals surface area contributed by atoms with E-state index < -0.39 is 37.3 Å². The zero-order chi connectivity index (χ0) is 18.8. The molecule has 0 bridgehead atoms. The van der Waals surface area contributed by atoms with E-state index in [0.29, 0.717) is 5.75 Å². The second kappa shape index (κ2) is 7.91. The number of aliphatic hydroxyl groups excluding tert-OH is 4. The maximum Gasteiger partial charge on any atom is 0.229 e. The van der Waals surface area contributed by atoms with Crippen molar-refractivity contribution in [2.24, 2.45) is 0 Å². The molecule has 0 amide bonds. The number of benzene rings is 1. The molecule has 0 aliphatic carbocycles. The zero-order valence-electron chi connectivity index (χ0n) is 14.9. The minimum absolute atomic E-state index is 0.493. The van der Waals surface area contributed by atoms with Gasteiger partial charge in [-0.15, -0.1) is 0 Å². The van der Waals surface area contributed by atoms with Crippen LogP contribution in [0.4, 0.5) is 0 Å². The van der Waals surface area contributed by atoms with Crippen molar-refractivity contribution in [2.45, 2.75) is 37.1 Å². The van der Waals surface area contributed by atoms with Crippen LogP contribution < -0.4 is 4.74 Å². The summed E-state index contributed by atoms with van der Waals surface area (Å²) in [6, 6.07) is 5.50. The second-order valence-electron chi connectivity index (χ2n) is 6.86. The SMILES string of the molecule is CN(C)CCc1c[nH]c2cccc(O[C@H]3O[C@H](CO)[C@@H](O)[C@H](O)[C@H]3O)c12. The fraction of sp³-hybridized carbons (Fsp3) is 0.556. The fourth-order valence-electron chi connectivity index (χ4n) is 3.15. The summed E-state index contributed by atoms with van der Waals surface area (Å²) >= 11 is 0. The van der Waals surface area contributed by atoms with Gasteiger partial charge < -0.3 is 39.8 Å². The van der Waals surface area contributed by atoms with Crippen molar-refractivity contribution in [3.63, 3.8) is 0 Å². The van der Waals surface area contributed by atoms with Crippen molar-refractivity contribution in [3.8, 4) is 5.75 Å². The monoisotopic (exact) mass is 366 g/mol. The molecule has 5 N–H and O–H groups in total. The fourth-order valence-corrected chi connectivity index (χ4v) is 3.15. The van der Waals surface area contributed by atoms with Crippen molar-refractivity contribution >= 4 is 10.9 Å². The number of aliphatic hydroxyl groups is 4. The van der Waals surface area contributed by atoms with Gasteiger partial charge in [0.25, 0.3) is 0 Å². The quantitative estimate of drug-likeness (QED) is 0.465. The summed E-state index contributed by atoms with van der Waals surface area (Å²) < 4.78 is 11.3. The van der Waals surface area contributed by atoms with E-state index in [1.807, 2.05) is 32.4 Å². The largest absolute Gasteiger partial charge is 0.461 e. The van der Waals surface area contributed by atoms with E-state index >= 15 is 0 Å². The molecule has 8 heteroatoms. The molecule has 1 aromatic carbocycles. The average Bonchev–Trinajstić information content (AvgIpc) is 3.04. The maximum atomic E-state index is 10.2. The first-order valence-corrected chi connectivity index (χ1v) is 8.63. The van der Waals surface area contributed by atoms with Crippen LogP contribution in [0.5, 0.6) is 5.75 Å². The summed E-state index contributed by atoms with van der Waals surface area (Å²) in [6.45, 7) is 0.370. The van der Waals surface area contributed by atoms with E-state index in [2.05, 4.69) is 9.88 Å². The first-order valence-electron chi connectivity index (χ1n) is 8.63. The van der Waals surface area contributed by atoms with Gasteiger partial charge in [-0.3, -0.25) is 0 Å². The van der Waals surface area contributed by atoms with E-state index in [1.54, 1.807) is 6.07 Å². The molecule has 0 unspecified atom stereocenters. The molecule has 26 heavy (non-hydrogen) atoms. The Balaban J connectivity index is 1.87. The van der Waals surface area contributed by atoms with E-state index in [4.69, 9.17) is 9.47 Å². The lowest BCUT2D eigenvalue weighted by Crippen LogP contribution is -2.60. The van der Waals surface area contributed by atoms with Gasteiger partial charge in [0, 0.05) is 23.6 Å². The lowest BCUT2D eigenvalue weighted by Gasteiger charge is -2.39. The van der Waals surface area contributed by atoms with Crippen LogP contribution in [0.1, 0.15) is 5.56 Å². The normalized spacial score (nSPS) is 29.4. The van der Waals surface area contributed by atoms with E-state index in [-0.39, 0.29) is 0 Å². The number of aromatic amines is 1. The summed E-state index contributed by atoms with van der Waals surface area (Å²) in [5, 5.41) is 40.2. The smallest absolute Gasteiger partial charge is 0.229 e. The number of H-pyrrole nitrogens is 1. The Morgan fingerprint density at radius 3 is 2.62 bits per heavy atom. The van der Waals surface area contributed by atoms with Crippen LogP contribution in [0.25, 0.3) is 10.9 Å². The van der Waals surface area contributed by atoms with Crippen LogP contribution in [0.3, 0.4) is 0 Å². The van der Waals surface area contributed by atoms with Crippen LogP contribution in [0.2, 0.25) is 0 Å². The molecular weight excluding hydrogens is 340 g/mol. The van der Waals surface area contributed by atoms with Crippen LogP contribution in [0, 0.1) is 0 Å². The Labute approximate surface area is 151 Å². The molecule has 0 spiro atoms. The number of nitrogens with zero attached hydrogens (tertiary/aromatic N) is 1. The van der Waals surface area contributed by atoms with Crippen molar-refractivity contribution < 1.29 is 29.9 Å². The lowest BCUT2D eigenvalue weighted by molar-refractivity contribution is -0.277. The highest BCUT2D eigenvalue weighted by Gasteiger charge is 2.44. The highest BCUT2D eigenvalue weighted by Crippen LogP contribution is 2.32. The minimum atomic E-state index is -1.47. The van der Waals surface area contributed by atoms with Gasteiger partial charge in [-0.1, -0.05) is 6.07 Å². The number of hydrogen-bond donors (Lipinski definition) is 5. The average molecular weight is 366 g/mol. The molecule has 5 atom stereocenters. The van der Waals surface area contributed by atoms with Crippen molar-refractivity contribution in [3.05, 3.63) is 30.0 Å². The Hall–Kier alpha value is -1.68. The third kappa shape index (κ3) is 3.71. The van der Waals surface area contributed by atoms with Crippen LogP contribution in [-0.2, 0) is 11.2 Å². The van der Waals surface area contributed by atoms with Gasteiger partial charge in [0.1, 0.15) is 30.2 Å². The Kier molecular flexibility index (Phi) is 5.81. The van der Waals surface area contributed by atoms with Gasteiger partial charge in [0.2, 0.25) is 6.29 Å². The molecule has 2 aromatic rings. The van der Waals surface area contributed by atoms with Crippen molar-refractivity contribution in [1.29, 1.82) is 0 Å². The predicted molar refractivity (Wildman–Crippen MR) is 95.0 cm³/mol. The van der Waals surface area contributed by atoms with Crippen molar-refractivity contribution in [2.75, 3.05) is 27.2 Å². The molecule has 1 aliphatic rings. The van der Waals surface area contributed by atoms with Crippen molar-refractivity contribution in [1.82, 2.24) is 9.88 Å². The molecule has 0 radical (unpaired) electrons. The number of likely N-dealkylation sites (N-methyl/N-ethyl adjacent to an activating group) is 1. The molecule has 144 valence electrons. The third-order valence-corrected chi connectivity index (χ3v) is 4.67. The molecule has 1 aromatic heterocycles. The molecule has 3 rings (SSSR count). The number of rotatable bonds is 6. The molecule has 1 fully saturated rings.